The number of carbonyl (C=O) groups excluding carboxylic acids is 1. The van der Waals surface area contributed by atoms with Crippen molar-refractivity contribution in [2.24, 2.45) is 5.92 Å². The van der Waals surface area contributed by atoms with E-state index in [1.54, 1.807) is 38.1 Å². The van der Waals surface area contributed by atoms with E-state index in [4.69, 9.17) is 13.6 Å². The van der Waals surface area contributed by atoms with Crippen LogP contribution in [0.1, 0.15) is 19.4 Å². The topological polar surface area (TPSA) is 69.7 Å². The summed E-state index contributed by atoms with van der Waals surface area (Å²) in [6.07, 6.45) is 1.46. The molecule has 0 radical (unpaired) electrons. The first kappa shape index (κ1) is 15.1. The van der Waals surface area contributed by atoms with Crippen molar-refractivity contribution in [3.8, 4) is 17.3 Å². The lowest BCUT2D eigenvalue weighted by molar-refractivity contribution is -0.137. The monoisotopic (exact) mass is 312 g/mol. The molecule has 1 aromatic carbocycles. The predicted molar refractivity (Wildman–Crippen MR) is 85.4 cm³/mol. The van der Waals surface area contributed by atoms with Crippen LogP contribution in [0.4, 0.5) is 0 Å². The van der Waals surface area contributed by atoms with Crippen molar-refractivity contribution in [1.82, 2.24) is 0 Å². The van der Waals surface area contributed by atoms with Gasteiger partial charge in [0, 0.05) is 0 Å². The van der Waals surface area contributed by atoms with E-state index in [1.165, 1.54) is 6.26 Å². The fraction of sp³-hybridized carbons (Fsp3) is 0.222. The van der Waals surface area contributed by atoms with E-state index in [1.807, 2.05) is 13.0 Å². The molecule has 0 aliphatic heterocycles. The van der Waals surface area contributed by atoms with Crippen molar-refractivity contribution in [2.45, 2.75) is 20.8 Å². The number of benzene rings is 1. The Hall–Kier alpha value is -2.82. The van der Waals surface area contributed by atoms with Crippen LogP contribution in [0.5, 0.6) is 5.75 Å². The van der Waals surface area contributed by atoms with E-state index in [0.717, 1.165) is 5.56 Å². The van der Waals surface area contributed by atoms with Crippen molar-refractivity contribution in [2.75, 3.05) is 0 Å². The fourth-order valence-electron chi connectivity index (χ4n) is 2.17. The molecule has 2 heterocycles. The third-order valence-corrected chi connectivity index (χ3v) is 3.42. The Kier molecular flexibility index (Phi) is 3.78. The number of carbonyl (C=O) groups is 1. The summed E-state index contributed by atoms with van der Waals surface area (Å²) in [5, 5.41) is 0.367. The van der Waals surface area contributed by atoms with Crippen LogP contribution in [-0.2, 0) is 4.79 Å². The summed E-state index contributed by atoms with van der Waals surface area (Å²) in [5.41, 5.74) is 0.934. The van der Waals surface area contributed by atoms with Gasteiger partial charge in [-0.3, -0.25) is 9.59 Å². The smallest absolute Gasteiger partial charge is 0.314 e. The van der Waals surface area contributed by atoms with Gasteiger partial charge >= 0.3 is 5.97 Å². The highest BCUT2D eigenvalue weighted by Gasteiger charge is 2.23. The lowest BCUT2D eigenvalue weighted by Crippen LogP contribution is -2.20. The summed E-state index contributed by atoms with van der Waals surface area (Å²) in [4.78, 5) is 24.7. The average molecular weight is 312 g/mol. The molecule has 0 bridgehead atoms. The molecule has 0 unspecified atom stereocenters. The Labute approximate surface area is 132 Å². The van der Waals surface area contributed by atoms with Gasteiger partial charge in [0.25, 0.3) is 0 Å². The van der Waals surface area contributed by atoms with E-state index in [2.05, 4.69) is 0 Å². The molecule has 0 saturated heterocycles. The number of hydrogen-bond donors (Lipinski definition) is 0. The Balaban J connectivity index is 2.29. The Morgan fingerprint density at radius 1 is 1.22 bits per heavy atom. The van der Waals surface area contributed by atoms with E-state index >= 15 is 0 Å². The molecule has 0 amide bonds. The van der Waals surface area contributed by atoms with Gasteiger partial charge in [0.2, 0.25) is 16.9 Å². The van der Waals surface area contributed by atoms with E-state index in [9.17, 15) is 9.59 Å². The second-order valence-electron chi connectivity index (χ2n) is 5.64. The van der Waals surface area contributed by atoms with Crippen molar-refractivity contribution in [1.29, 1.82) is 0 Å². The molecule has 0 N–H and O–H groups in total. The minimum absolute atomic E-state index is 0.116. The first-order valence-electron chi connectivity index (χ1n) is 7.30. The van der Waals surface area contributed by atoms with Gasteiger partial charge < -0.3 is 13.6 Å². The quantitative estimate of drug-likeness (QED) is 0.685. The van der Waals surface area contributed by atoms with Crippen LogP contribution in [-0.4, -0.2) is 5.97 Å². The molecule has 5 nitrogen and oxygen atoms in total. The van der Waals surface area contributed by atoms with Crippen LogP contribution in [0.2, 0.25) is 0 Å². The molecule has 3 aromatic rings. The minimum Gasteiger partial charge on any atom is -0.461 e. The van der Waals surface area contributed by atoms with Gasteiger partial charge in [0.15, 0.2) is 5.76 Å². The number of aryl methyl sites for hydroxylation is 1. The Morgan fingerprint density at radius 3 is 2.65 bits per heavy atom. The molecule has 0 saturated carbocycles. The largest absolute Gasteiger partial charge is 0.461 e. The number of fused-ring (bicyclic) bond motifs is 1. The zero-order chi connectivity index (χ0) is 16.6. The maximum absolute atomic E-state index is 12.8. The number of ether oxygens (including phenoxy) is 1. The van der Waals surface area contributed by atoms with Gasteiger partial charge in [-0.15, -0.1) is 0 Å². The lowest BCUT2D eigenvalue weighted by atomic mass is 10.1. The summed E-state index contributed by atoms with van der Waals surface area (Å²) in [6, 6.07) is 8.58. The van der Waals surface area contributed by atoms with Crippen LogP contribution in [0.25, 0.3) is 22.5 Å². The second-order valence-corrected chi connectivity index (χ2v) is 5.64. The molecule has 0 atom stereocenters. The summed E-state index contributed by atoms with van der Waals surface area (Å²) in [7, 11) is 0. The zero-order valence-electron chi connectivity index (χ0n) is 13.1. The number of rotatable bonds is 3. The molecule has 0 aliphatic carbocycles. The van der Waals surface area contributed by atoms with Crippen molar-refractivity contribution in [3.05, 3.63) is 52.4 Å². The molecular weight excluding hydrogens is 296 g/mol. The number of hydrogen-bond acceptors (Lipinski definition) is 5. The molecule has 3 rings (SSSR count). The average Bonchev–Trinajstić information content (AvgIpc) is 3.04. The van der Waals surface area contributed by atoms with Gasteiger partial charge in [-0.2, -0.15) is 0 Å². The molecule has 5 heteroatoms. The Morgan fingerprint density at radius 2 is 2.00 bits per heavy atom. The van der Waals surface area contributed by atoms with Crippen LogP contribution < -0.4 is 10.2 Å². The van der Waals surface area contributed by atoms with E-state index in [0.29, 0.717) is 16.7 Å². The molecule has 2 aromatic heterocycles. The van der Waals surface area contributed by atoms with Gasteiger partial charge in [0.05, 0.1) is 17.6 Å². The summed E-state index contributed by atoms with van der Waals surface area (Å²) in [5.74, 6) is -0.567. The van der Waals surface area contributed by atoms with Crippen molar-refractivity contribution >= 4 is 16.9 Å². The van der Waals surface area contributed by atoms with Crippen LogP contribution in [0.3, 0.4) is 0 Å². The molecule has 0 fully saturated rings. The second kappa shape index (κ2) is 5.76. The molecular formula is C18H16O5. The third-order valence-electron chi connectivity index (χ3n) is 3.42. The lowest BCUT2D eigenvalue weighted by Gasteiger charge is -2.10. The van der Waals surface area contributed by atoms with Crippen LogP contribution in [0.15, 0.2) is 50.2 Å². The highest BCUT2D eigenvalue weighted by atomic mass is 16.5. The summed E-state index contributed by atoms with van der Waals surface area (Å²) in [6.45, 7) is 5.27. The van der Waals surface area contributed by atoms with Gasteiger partial charge in [-0.05, 0) is 31.2 Å². The summed E-state index contributed by atoms with van der Waals surface area (Å²) < 4.78 is 16.4. The highest BCUT2D eigenvalue weighted by Crippen LogP contribution is 2.31. The van der Waals surface area contributed by atoms with Crippen LogP contribution >= 0.6 is 0 Å². The molecule has 0 aliphatic rings. The number of furan rings is 1. The van der Waals surface area contributed by atoms with E-state index in [-0.39, 0.29) is 17.4 Å². The maximum atomic E-state index is 12.8. The predicted octanol–water partition coefficient (Wildman–Crippen LogP) is 3.92. The van der Waals surface area contributed by atoms with Gasteiger partial charge in [-0.25, -0.2) is 0 Å². The SMILES string of the molecule is Cc1ccc2oc(-c3ccco3)c(OC(=O)C(C)C)c(=O)c2c1. The molecule has 118 valence electrons. The van der Waals surface area contributed by atoms with Gasteiger partial charge in [0.1, 0.15) is 5.58 Å². The minimum atomic E-state index is -0.503. The third kappa shape index (κ3) is 2.77. The molecule has 23 heavy (non-hydrogen) atoms. The summed E-state index contributed by atoms with van der Waals surface area (Å²) >= 11 is 0. The van der Waals surface area contributed by atoms with Crippen molar-refractivity contribution < 1.29 is 18.4 Å². The van der Waals surface area contributed by atoms with Gasteiger partial charge in [-0.1, -0.05) is 25.5 Å². The van der Waals surface area contributed by atoms with Crippen LogP contribution in [0, 0.1) is 12.8 Å². The first-order valence-corrected chi connectivity index (χ1v) is 7.30. The fourth-order valence-corrected chi connectivity index (χ4v) is 2.17. The first-order chi connectivity index (χ1) is 11.0. The zero-order valence-corrected chi connectivity index (χ0v) is 13.1. The standard InChI is InChI=1S/C18H16O5/c1-10(2)18(20)23-17-15(19)12-9-11(3)6-7-13(12)22-16(17)14-5-4-8-21-14/h4-10H,1-3H3. The Bertz CT molecular complexity index is 916. The molecule has 0 spiro atoms. The van der Waals surface area contributed by atoms with E-state index < -0.39 is 11.4 Å². The number of esters is 1. The normalized spacial score (nSPS) is 11.1. The highest BCUT2D eigenvalue weighted by molar-refractivity contribution is 5.84. The maximum Gasteiger partial charge on any atom is 0.314 e. The van der Waals surface area contributed by atoms with Crippen molar-refractivity contribution in [3.63, 3.8) is 0 Å².